The maximum atomic E-state index is 12.2. The van der Waals surface area contributed by atoms with Gasteiger partial charge in [-0.15, -0.1) is 0 Å². The molecule has 0 aliphatic carbocycles. The second kappa shape index (κ2) is 6.66. The third kappa shape index (κ3) is 4.20. The van der Waals surface area contributed by atoms with Gasteiger partial charge in [0.05, 0.1) is 24.2 Å². The summed E-state index contributed by atoms with van der Waals surface area (Å²) in [5.41, 5.74) is 1.56. The number of ether oxygens (including phenoxy) is 1. The van der Waals surface area contributed by atoms with Gasteiger partial charge in [-0.1, -0.05) is 6.07 Å². The topological polar surface area (TPSA) is 75.7 Å². The van der Waals surface area contributed by atoms with Gasteiger partial charge >= 0.3 is 0 Å². The Morgan fingerprint density at radius 1 is 1.45 bits per heavy atom. The number of anilines is 1. The Hall–Kier alpha value is -1.60. The molecule has 0 unspecified atom stereocenters. The molecular formula is C15H22N2O4S. The van der Waals surface area contributed by atoms with Crippen molar-refractivity contribution in [1.82, 2.24) is 4.90 Å². The van der Waals surface area contributed by atoms with Crippen LogP contribution in [0.1, 0.15) is 12.5 Å². The van der Waals surface area contributed by atoms with Gasteiger partial charge in [0.15, 0.2) is 9.84 Å². The van der Waals surface area contributed by atoms with E-state index >= 15 is 0 Å². The monoisotopic (exact) mass is 326 g/mol. The van der Waals surface area contributed by atoms with Crippen LogP contribution in [0.3, 0.4) is 0 Å². The van der Waals surface area contributed by atoms with Crippen molar-refractivity contribution in [2.24, 2.45) is 0 Å². The van der Waals surface area contributed by atoms with Crippen LogP contribution in [0.15, 0.2) is 23.1 Å². The summed E-state index contributed by atoms with van der Waals surface area (Å²) in [6.07, 6.45) is 1.22. The van der Waals surface area contributed by atoms with Gasteiger partial charge < -0.3 is 15.0 Å². The average molecular weight is 326 g/mol. The van der Waals surface area contributed by atoms with E-state index < -0.39 is 9.84 Å². The zero-order valence-corrected chi connectivity index (χ0v) is 13.9. The highest BCUT2D eigenvalue weighted by atomic mass is 32.2. The number of carbonyl (C=O) groups is 1. The van der Waals surface area contributed by atoms with Crippen molar-refractivity contribution in [2.75, 3.05) is 37.8 Å². The lowest BCUT2D eigenvalue weighted by Gasteiger charge is -2.31. The van der Waals surface area contributed by atoms with Crippen LogP contribution in [0.25, 0.3) is 0 Å². The zero-order chi connectivity index (χ0) is 16.3. The maximum absolute atomic E-state index is 12.2. The molecule has 0 aromatic heterocycles. The number of nitrogens with zero attached hydrogens (tertiary/aromatic N) is 1. The minimum Gasteiger partial charge on any atom is -0.376 e. The molecule has 6 nitrogen and oxygen atoms in total. The minimum absolute atomic E-state index is 0.0145. The van der Waals surface area contributed by atoms with Crippen molar-refractivity contribution >= 4 is 21.4 Å². The van der Waals surface area contributed by atoms with Crippen LogP contribution in [0.5, 0.6) is 0 Å². The Labute approximate surface area is 131 Å². The summed E-state index contributed by atoms with van der Waals surface area (Å²) < 4.78 is 28.6. The highest BCUT2D eigenvalue weighted by Gasteiger charge is 2.21. The minimum atomic E-state index is -3.26. The Bertz CT molecular complexity index is 658. The molecule has 122 valence electrons. The number of benzene rings is 1. The van der Waals surface area contributed by atoms with E-state index in [1.165, 1.54) is 6.26 Å². The SMILES string of the molecule is Cc1ccc(S(C)(=O)=O)cc1NCC(=O)N1CCO[C@@H](C)C1. The summed E-state index contributed by atoms with van der Waals surface area (Å²) >= 11 is 0. The highest BCUT2D eigenvalue weighted by molar-refractivity contribution is 7.90. The van der Waals surface area contributed by atoms with Crippen LogP contribution in [0.2, 0.25) is 0 Å². The molecule has 0 bridgehead atoms. The van der Waals surface area contributed by atoms with Crippen molar-refractivity contribution < 1.29 is 17.9 Å². The third-order valence-electron chi connectivity index (χ3n) is 3.66. The summed E-state index contributed by atoms with van der Waals surface area (Å²) in [4.78, 5) is 14.2. The van der Waals surface area contributed by atoms with Crippen molar-refractivity contribution in [2.45, 2.75) is 24.8 Å². The molecule has 1 aromatic rings. The normalized spacial score (nSPS) is 19.0. The number of hydrogen-bond acceptors (Lipinski definition) is 5. The van der Waals surface area contributed by atoms with Crippen LogP contribution in [0, 0.1) is 6.92 Å². The number of nitrogens with one attached hydrogen (secondary N) is 1. The van der Waals surface area contributed by atoms with Gasteiger partial charge in [0.2, 0.25) is 5.91 Å². The predicted octanol–water partition coefficient (Wildman–Crippen LogP) is 1.06. The highest BCUT2D eigenvalue weighted by Crippen LogP contribution is 2.20. The largest absolute Gasteiger partial charge is 0.376 e. The van der Waals surface area contributed by atoms with E-state index in [0.29, 0.717) is 25.4 Å². The second-order valence-corrected chi connectivity index (χ2v) is 7.64. The maximum Gasteiger partial charge on any atom is 0.242 e. The molecule has 0 radical (unpaired) electrons. The van der Waals surface area contributed by atoms with E-state index in [4.69, 9.17) is 4.74 Å². The van der Waals surface area contributed by atoms with E-state index in [0.717, 1.165) is 5.56 Å². The average Bonchev–Trinajstić information content (AvgIpc) is 2.44. The van der Waals surface area contributed by atoms with Crippen LogP contribution >= 0.6 is 0 Å². The van der Waals surface area contributed by atoms with Crippen molar-refractivity contribution in [1.29, 1.82) is 0 Å². The molecule has 22 heavy (non-hydrogen) atoms. The molecule has 1 aliphatic heterocycles. The molecule has 0 spiro atoms. The second-order valence-electron chi connectivity index (χ2n) is 5.62. The lowest BCUT2D eigenvalue weighted by atomic mass is 10.2. The quantitative estimate of drug-likeness (QED) is 0.895. The first kappa shape index (κ1) is 16.8. The Morgan fingerprint density at radius 3 is 2.82 bits per heavy atom. The van der Waals surface area contributed by atoms with Crippen molar-refractivity contribution in [3.05, 3.63) is 23.8 Å². The number of hydrogen-bond donors (Lipinski definition) is 1. The predicted molar refractivity (Wildman–Crippen MR) is 84.8 cm³/mol. The van der Waals surface area contributed by atoms with E-state index in [1.54, 1.807) is 23.1 Å². The van der Waals surface area contributed by atoms with Gasteiger partial charge in [-0.25, -0.2) is 8.42 Å². The van der Waals surface area contributed by atoms with Gasteiger partial charge in [0.1, 0.15) is 0 Å². The van der Waals surface area contributed by atoms with Gasteiger partial charge in [0.25, 0.3) is 0 Å². The Kier molecular flexibility index (Phi) is 5.08. The fourth-order valence-electron chi connectivity index (χ4n) is 2.35. The van der Waals surface area contributed by atoms with Crippen LogP contribution in [-0.4, -0.2) is 57.8 Å². The van der Waals surface area contributed by atoms with Gasteiger partial charge in [-0.05, 0) is 31.5 Å². The summed E-state index contributed by atoms with van der Waals surface area (Å²) in [5.74, 6) is -0.0145. The van der Waals surface area contributed by atoms with Crippen LogP contribution < -0.4 is 5.32 Å². The number of amides is 1. The molecule has 1 heterocycles. The Morgan fingerprint density at radius 2 is 2.18 bits per heavy atom. The van der Waals surface area contributed by atoms with E-state index in [9.17, 15) is 13.2 Å². The first-order chi connectivity index (χ1) is 10.3. The summed E-state index contributed by atoms with van der Waals surface area (Å²) in [5, 5.41) is 3.04. The van der Waals surface area contributed by atoms with Crippen molar-refractivity contribution in [3.8, 4) is 0 Å². The zero-order valence-electron chi connectivity index (χ0n) is 13.1. The molecule has 1 saturated heterocycles. The van der Waals surface area contributed by atoms with E-state index in [-0.39, 0.29) is 23.5 Å². The number of sulfone groups is 1. The molecule has 1 aromatic carbocycles. The molecule has 2 rings (SSSR count). The molecule has 1 atom stereocenters. The first-order valence-corrected chi connectivity index (χ1v) is 9.10. The fraction of sp³-hybridized carbons (Fsp3) is 0.533. The molecule has 1 aliphatic rings. The van der Waals surface area contributed by atoms with Crippen LogP contribution in [0.4, 0.5) is 5.69 Å². The Balaban J connectivity index is 2.03. The molecular weight excluding hydrogens is 304 g/mol. The van der Waals surface area contributed by atoms with Crippen molar-refractivity contribution in [3.63, 3.8) is 0 Å². The lowest BCUT2D eigenvalue weighted by Crippen LogP contribution is -2.46. The standard InChI is InChI=1S/C15H22N2O4S/c1-11-4-5-13(22(3,19)20)8-14(11)16-9-15(18)17-6-7-21-12(2)10-17/h4-5,8,12,16H,6-7,9-10H2,1-3H3/t12-/m0/s1. The van der Waals surface area contributed by atoms with Gasteiger partial charge in [-0.3, -0.25) is 4.79 Å². The summed E-state index contributed by atoms with van der Waals surface area (Å²) in [6, 6.07) is 4.88. The van der Waals surface area contributed by atoms with Gasteiger partial charge in [-0.2, -0.15) is 0 Å². The fourth-order valence-corrected chi connectivity index (χ4v) is 3.00. The lowest BCUT2D eigenvalue weighted by molar-refractivity contribution is -0.136. The summed E-state index contributed by atoms with van der Waals surface area (Å²) in [7, 11) is -3.26. The smallest absolute Gasteiger partial charge is 0.242 e. The molecule has 1 N–H and O–H groups in total. The first-order valence-electron chi connectivity index (χ1n) is 7.21. The molecule has 1 amide bonds. The molecule has 7 heteroatoms. The van der Waals surface area contributed by atoms with E-state index in [2.05, 4.69) is 5.32 Å². The molecule has 0 saturated carbocycles. The number of aryl methyl sites for hydroxylation is 1. The number of carbonyl (C=O) groups excluding carboxylic acids is 1. The number of morpholine rings is 1. The third-order valence-corrected chi connectivity index (χ3v) is 4.77. The van der Waals surface area contributed by atoms with Gasteiger partial charge in [0, 0.05) is 25.0 Å². The van der Waals surface area contributed by atoms with E-state index in [1.807, 2.05) is 13.8 Å². The summed E-state index contributed by atoms with van der Waals surface area (Å²) in [6.45, 7) is 5.68. The number of rotatable bonds is 4. The van der Waals surface area contributed by atoms with Crippen LogP contribution in [-0.2, 0) is 19.4 Å². The molecule has 1 fully saturated rings.